The monoisotopic (exact) mass is 277 g/mol. The molecule has 2 amide bonds. The van der Waals surface area contributed by atoms with Crippen LogP contribution in [0.1, 0.15) is 5.56 Å². The number of methoxy groups -OCH3 is 1. The number of hydrogen-bond acceptors (Lipinski definition) is 4. The fourth-order valence-electron chi connectivity index (χ4n) is 1.47. The van der Waals surface area contributed by atoms with Crippen LogP contribution in [0.15, 0.2) is 35.5 Å². The Morgan fingerprint density at radius 1 is 1.42 bits per heavy atom. The average molecular weight is 277 g/mol. The van der Waals surface area contributed by atoms with Gasteiger partial charge in [-0.1, -0.05) is 23.9 Å². The molecular formula is C13H15N3O2S. The maximum absolute atomic E-state index is 11.5. The van der Waals surface area contributed by atoms with E-state index in [2.05, 4.69) is 15.6 Å². The second-order valence-electron chi connectivity index (χ2n) is 3.74. The van der Waals surface area contributed by atoms with E-state index in [0.717, 1.165) is 23.6 Å². The number of carbonyl (C=O) groups excluding carboxylic acids is 1. The van der Waals surface area contributed by atoms with Gasteiger partial charge in [-0.15, -0.1) is 0 Å². The molecule has 1 aliphatic rings. The molecule has 2 rings (SSSR count). The van der Waals surface area contributed by atoms with E-state index in [9.17, 15) is 4.79 Å². The molecular weight excluding hydrogens is 262 g/mol. The lowest BCUT2D eigenvalue weighted by Crippen LogP contribution is -2.34. The van der Waals surface area contributed by atoms with Crippen LogP contribution in [0.3, 0.4) is 0 Å². The molecule has 1 heterocycles. The molecule has 1 aromatic carbocycles. The van der Waals surface area contributed by atoms with Gasteiger partial charge < -0.3 is 10.1 Å². The summed E-state index contributed by atoms with van der Waals surface area (Å²) in [5.74, 6) is 1.73. The van der Waals surface area contributed by atoms with Crippen LogP contribution >= 0.6 is 11.8 Å². The Morgan fingerprint density at radius 2 is 2.21 bits per heavy atom. The van der Waals surface area contributed by atoms with Crippen molar-refractivity contribution in [2.24, 2.45) is 4.99 Å². The summed E-state index contributed by atoms with van der Waals surface area (Å²) in [6.07, 6.45) is 3.40. The van der Waals surface area contributed by atoms with E-state index in [0.29, 0.717) is 5.17 Å². The number of rotatable bonds is 3. The molecule has 100 valence electrons. The van der Waals surface area contributed by atoms with Crippen molar-refractivity contribution >= 4 is 29.0 Å². The van der Waals surface area contributed by atoms with E-state index < -0.39 is 0 Å². The second-order valence-corrected chi connectivity index (χ2v) is 4.82. The standard InChI is InChI=1S/C13H15N3O2S/c1-18-11-4-2-10(3-5-11)6-7-14-12(17)16-13-15-8-9-19-13/h2-7H,8-9H2,1H3,(H2,14,15,16,17)/b7-6+. The van der Waals surface area contributed by atoms with Gasteiger partial charge in [-0.3, -0.25) is 10.3 Å². The fraction of sp³-hybridized carbons (Fsp3) is 0.231. The van der Waals surface area contributed by atoms with Crippen molar-refractivity contribution in [1.29, 1.82) is 0 Å². The number of amides is 2. The van der Waals surface area contributed by atoms with Crippen LogP contribution in [0.5, 0.6) is 5.75 Å². The van der Waals surface area contributed by atoms with Crippen molar-refractivity contribution in [2.45, 2.75) is 0 Å². The Kier molecular flexibility index (Phi) is 4.85. The Morgan fingerprint density at radius 3 is 2.84 bits per heavy atom. The minimum absolute atomic E-state index is 0.280. The van der Waals surface area contributed by atoms with Crippen LogP contribution < -0.4 is 15.4 Å². The molecule has 0 atom stereocenters. The van der Waals surface area contributed by atoms with E-state index in [4.69, 9.17) is 4.74 Å². The number of ether oxygens (including phenoxy) is 1. The number of aliphatic imine (C=N–C) groups is 1. The molecule has 0 unspecified atom stereocenters. The molecule has 0 aliphatic carbocycles. The third kappa shape index (κ3) is 4.33. The van der Waals surface area contributed by atoms with Gasteiger partial charge in [0.1, 0.15) is 5.75 Å². The number of carbonyl (C=O) groups is 1. The summed E-state index contributed by atoms with van der Waals surface area (Å²) in [5.41, 5.74) is 0.980. The number of hydrogen-bond donors (Lipinski definition) is 2. The minimum Gasteiger partial charge on any atom is -0.497 e. The highest BCUT2D eigenvalue weighted by atomic mass is 32.2. The van der Waals surface area contributed by atoms with Gasteiger partial charge in [-0.2, -0.15) is 0 Å². The highest BCUT2D eigenvalue weighted by Gasteiger charge is 2.08. The number of amidine groups is 1. The Labute approximate surface area is 116 Å². The SMILES string of the molecule is COc1ccc(/C=C/NC(=O)NC2=NCCS2)cc1. The van der Waals surface area contributed by atoms with E-state index >= 15 is 0 Å². The van der Waals surface area contributed by atoms with Gasteiger partial charge in [0.05, 0.1) is 13.7 Å². The molecule has 0 saturated heterocycles. The lowest BCUT2D eigenvalue weighted by Gasteiger charge is -2.02. The summed E-state index contributed by atoms with van der Waals surface area (Å²) >= 11 is 1.54. The summed E-state index contributed by atoms with van der Waals surface area (Å²) < 4.78 is 5.07. The van der Waals surface area contributed by atoms with Gasteiger partial charge in [-0.05, 0) is 23.8 Å². The third-order valence-electron chi connectivity index (χ3n) is 2.41. The molecule has 1 aromatic rings. The lowest BCUT2D eigenvalue weighted by molar-refractivity contribution is 0.248. The zero-order valence-corrected chi connectivity index (χ0v) is 11.4. The Bertz CT molecular complexity index is 497. The average Bonchev–Trinajstić information content (AvgIpc) is 2.92. The van der Waals surface area contributed by atoms with Crippen molar-refractivity contribution in [3.05, 3.63) is 36.0 Å². The van der Waals surface area contributed by atoms with Crippen molar-refractivity contribution in [3.63, 3.8) is 0 Å². The molecule has 0 spiro atoms. The van der Waals surface area contributed by atoms with Gasteiger partial charge in [0.25, 0.3) is 0 Å². The van der Waals surface area contributed by atoms with Gasteiger partial charge in [0.15, 0.2) is 5.17 Å². The van der Waals surface area contributed by atoms with Crippen molar-refractivity contribution < 1.29 is 9.53 Å². The molecule has 0 fully saturated rings. The molecule has 6 heteroatoms. The fourth-order valence-corrected chi connectivity index (χ4v) is 2.20. The quantitative estimate of drug-likeness (QED) is 0.889. The molecule has 0 saturated carbocycles. The highest BCUT2D eigenvalue weighted by molar-refractivity contribution is 8.14. The van der Waals surface area contributed by atoms with Crippen LogP contribution in [-0.4, -0.2) is 30.6 Å². The summed E-state index contributed by atoms with van der Waals surface area (Å²) in [7, 11) is 1.63. The molecule has 0 radical (unpaired) electrons. The minimum atomic E-state index is -0.280. The number of benzene rings is 1. The van der Waals surface area contributed by atoms with E-state index in [-0.39, 0.29) is 6.03 Å². The van der Waals surface area contributed by atoms with Crippen LogP contribution in [-0.2, 0) is 0 Å². The molecule has 19 heavy (non-hydrogen) atoms. The second kappa shape index (κ2) is 6.84. The summed E-state index contributed by atoms with van der Waals surface area (Å²) in [6.45, 7) is 0.766. The lowest BCUT2D eigenvalue weighted by atomic mass is 10.2. The van der Waals surface area contributed by atoms with E-state index in [1.54, 1.807) is 25.1 Å². The Balaban J connectivity index is 1.80. The van der Waals surface area contributed by atoms with Crippen LogP contribution in [0.4, 0.5) is 4.79 Å². The first kappa shape index (κ1) is 13.5. The molecule has 2 N–H and O–H groups in total. The zero-order valence-electron chi connectivity index (χ0n) is 10.6. The van der Waals surface area contributed by atoms with Gasteiger partial charge in [-0.25, -0.2) is 4.79 Å². The first-order valence-electron chi connectivity index (χ1n) is 5.83. The summed E-state index contributed by atoms with van der Waals surface area (Å²) in [6, 6.07) is 7.27. The van der Waals surface area contributed by atoms with Gasteiger partial charge in [0, 0.05) is 12.0 Å². The zero-order chi connectivity index (χ0) is 13.5. The number of nitrogens with zero attached hydrogens (tertiary/aromatic N) is 1. The maximum Gasteiger partial charge on any atom is 0.324 e. The smallest absolute Gasteiger partial charge is 0.324 e. The van der Waals surface area contributed by atoms with Crippen LogP contribution in [0, 0.1) is 0 Å². The topological polar surface area (TPSA) is 62.7 Å². The van der Waals surface area contributed by atoms with E-state index in [1.807, 2.05) is 30.3 Å². The number of thioether (sulfide) groups is 1. The van der Waals surface area contributed by atoms with Gasteiger partial charge >= 0.3 is 6.03 Å². The number of nitrogens with one attached hydrogen (secondary N) is 2. The third-order valence-corrected chi connectivity index (χ3v) is 3.30. The Hall–Kier alpha value is -1.95. The largest absolute Gasteiger partial charge is 0.497 e. The maximum atomic E-state index is 11.5. The summed E-state index contributed by atoms with van der Waals surface area (Å²) in [4.78, 5) is 15.6. The van der Waals surface area contributed by atoms with Crippen LogP contribution in [0.2, 0.25) is 0 Å². The predicted octanol–water partition coefficient (Wildman–Crippen LogP) is 2.07. The first-order valence-corrected chi connectivity index (χ1v) is 6.82. The molecule has 0 aromatic heterocycles. The molecule has 0 bridgehead atoms. The van der Waals surface area contributed by atoms with Gasteiger partial charge in [0.2, 0.25) is 0 Å². The van der Waals surface area contributed by atoms with E-state index in [1.165, 1.54) is 0 Å². The predicted molar refractivity (Wildman–Crippen MR) is 78.5 cm³/mol. The first-order chi connectivity index (χ1) is 9.28. The van der Waals surface area contributed by atoms with Crippen molar-refractivity contribution in [1.82, 2.24) is 10.6 Å². The van der Waals surface area contributed by atoms with Crippen molar-refractivity contribution in [3.8, 4) is 5.75 Å². The van der Waals surface area contributed by atoms with Crippen LogP contribution in [0.25, 0.3) is 6.08 Å². The number of urea groups is 1. The molecule has 1 aliphatic heterocycles. The highest BCUT2D eigenvalue weighted by Crippen LogP contribution is 2.12. The normalized spacial score (nSPS) is 14.3. The van der Waals surface area contributed by atoms with Crippen molar-refractivity contribution in [2.75, 3.05) is 19.4 Å². The molecule has 5 nitrogen and oxygen atoms in total. The summed E-state index contributed by atoms with van der Waals surface area (Å²) in [5, 5.41) is 5.98.